The Kier molecular flexibility index (Phi) is 6.10. The lowest BCUT2D eigenvalue weighted by molar-refractivity contribution is -0.116. The van der Waals surface area contributed by atoms with Crippen LogP contribution in [0.2, 0.25) is 5.02 Å². The minimum Gasteiger partial charge on any atom is -0.336 e. The number of aromatic nitrogens is 1. The molecule has 0 saturated carbocycles. The molecule has 8 heteroatoms. The third kappa shape index (κ3) is 4.69. The molecule has 0 fully saturated rings. The Bertz CT molecular complexity index is 1540. The molecule has 0 aliphatic rings. The van der Waals surface area contributed by atoms with Gasteiger partial charge in [0.05, 0.1) is 10.4 Å². The highest BCUT2D eigenvalue weighted by molar-refractivity contribution is 7.91. The van der Waals surface area contributed by atoms with E-state index in [1.807, 2.05) is 32.0 Å². The number of pyridine rings is 1. The average molecular weight is 481 g/mol. The molecule has 0 atom stereocenters. The summed E-state index contributed by atoms with van der Waals surface area (Å²) in [6.07, 6.45) is 1.23. The lowest BCUT2D eigenvalue weighted by Gasteiger charge is -2.14. The number of amides is 1. The van der Waals surface area contributed by atoms with E-state index in [1.165, 1.54) is 29.0 Å². The molecule has 0 bridgehead atoms. The summed E-state index contributed by atoms with van der Waals surface area (Å²) < 4.78 is 28.1. The highest BCUT2D eigenvalue weighted by atomic mass is 35.5. The first kappa shape index (κ1) is 22.8. The zero-order valence-electron chi connectivity index (χ0n) is 18.0. The maximum absolute atomic E-state index is 13.3. The Hall–Kier alpha value is -3.42. The molecule has 0 aliphatic carbocycles. The predicted molar refractivity (Wildman–Crippen MR) is 130 cm³/mol. The van der Waals surface area contributed by atoms with E-state index in [2.05, 4.69) is 5.32 Å². The molecule has 168 valence electrons. The van der Waals surface area contributed by atoms with Crippen LogP contribution in [-0.2, 0) is 21.2 Å². The van der Waals surface area contributed by atoms with Gasteiger partial charge in [0.15, 0.2) is 0 Å². The zero-order chi connectivity index (χ0) is 23.8. The van der Waals surface area contributed by atoms with Gasteiger partial charge >= 0.3 is 0 Å². The summed E-state index contributed by atoms with van der Waals surface area (Å²) in [7, 11) is -4.12. The minimum atomic E-state index is -4.12. The lowest BCUT2D eigenvalue weighted by Crippen LogP contribution is -2.24. The van der Waals surface area contributed by atoms with E-state index >= 15 is 0 Å². The van der Waals surface area contributed by atoms with Gasteiger partial charge < -0.3 is 9.88 Å². The summed E-state index contributed by atoms with van der Waals surface area (Å²) in [5.74, 6) is -0.362. The van der Waals surface area contributed by atoms with Crippen LogP contribution in [0.25, 0.3) is 10.9 Å². The van der Waals surface area contributed by atoms with Crippen molar-refractivity contribution in [3.63, 3.8) is 0 Å². The van der Waals surface area contributed by atoms with E-state index in [0.29, 0.717) is 16.2 Å². The minimum absolute atomic E-state index is 0.00217. The van der Waals surface area contributed by atoms with E-state index in [-0.39, 0.29) is 22.7 Å². The van der Waals surface area contributed by atoms with Gasteiger partial charge in [0.25, 0.3) is 0 Å². The van der Waals surface area contributed by atoms with Crippen LogP contribution in [0.5, 0.6) is 0 Å². The van der Waals surface area contributed by atoms with Gasteiger partial charge in [0, 0.05) is 22.3 Å². The standard InChI is InChI=1S/C25H21ClN2O4S/c1-16-6-9-20(10-7-16)33(31,32)23-14-28(22-11-8-18(26)13-21(22)25(23)30)15-24(29)27-19-5-3-4-17(2)12-19/h3-14H,15H2,1-2H3,(H,27,29). The van der Waals surface area contributed by atoms with Crippen molar-refractivity contribution in [3.8, 4) is 0 Å². The second kappa shape index (κ2) is 8.84. The summed E-state index contributed by atoms with van der Waals surface area (Å²) in [5, 5.41) is 3.22. The van der Waals surface area contributed by atoms with Crippen molar-refractivity contribution in [2.75, 3.05) is 5.32 Å². The van der Waals surface area contributed by atoms with Crippen molar-refractivity contribution >= 4 is 43.9 Å². The topological polar surface area (TPSA) is 85.2 Å². The number of sulfone groups is 1. The molecule has 0 radical (unpaired) electrons. The van der Waals surface area contributed by atoms with E-state index in [1.54, 1.807) is 30.3 Å². The normalized spacial score (nSPS) is 11.5. The van der Waals surface area contributed by atoms with Gasteiger partial charge in [-0.1, -0.05) is 41.4 Å². The second-order valence-electron chi connectivity index (χ2n) is 7.85. The summed E-state index contributed by atoms with van der Waals surface area (Å²) in [6, 6.07) is 18.2. The van der Waals surface area contributed by atoms with Crippen molar-refractivity contribution in [2.24, 2.45) is 0 Å². The molecule has 0 saturated heterocycles. The van der Waals surface area contributed by atoms with E-state index in [0.717, 1.165) is 11.1 Å². The van der Waals surface area contributed by atoms with E-state index in [9.17, 15) is 18.0 Å². The molecule has 4 aromatic rings. The number of aryl methyl sites for hydroxylation is 2. The fourth-order valence-electron chi connectivity index (χ4n) is 3.59. The first-order chi connectivity index (χ1) is 15.6. The molecule has 1 aromatic heterocycles. The Morgan fingerprint density at radius 2 is 1.70 bits per heavy atom. The van der Waals surface area contributed by atoms with Crippen LogP contribution in [0.4, 0.5) is 5.69 Å². The number of nitrogens with zero attached hydrogens (tertiary/aromatic N) is 1. The van der Waals surface area contributed by atoms with Crippen LogP contribution >= 0.6 is 11.6 Å². The molecular formula is C25H21ClN2O4S. The zero-order valence-corrected chi connectivity index (χ0v) is 19.6. The van der Waals surface area contributed by atoms with Crippen LogP contribution in [0.3, 0.4) is 0 Å². The summed E-state index contributed by atoms with van der Waals surface area (Å²) >= 11 is 6.10. The predicted octanol–water partition coefficient (Wildman–Crippen LogP) is 4.74. The highest BCUT2D eigenvalue weighted by Gasteiger charge is 2.24. The average Bonchev–Trinajstić information content (AvgIpc) is 2.76. The smallest absolute Gasteiger partial charge is 0.244 e. The first-order valence-corrected chi connectivity index (χ1v) is 12.0. The molecule has 6 nitrogen and oxygen atoms in total. The molecule has 33 heavy (non-hydrogen) atoms. The van der Waals surface area contributed by atoms with Gasteiger partial charge in [0.1, 0.15) is 11.4 Å². The van der Waals surface area contributed by atoms with Gasteiger partial charge in [-0.3, -0.25) is 9.59 Å². The van der Waals surface area contributed by atoms with Gasteiger partial charge in [0.2, 0.25) is 21.2 Å². The monoisotopic (exact) mass is 480 g/mol. The van der Waals surface area contributed by atoms with Crippen molar-refractivity contribution in [2.45, 2.75) is 30.2 Å². The number of carbonyl (C=O) groups excluding carboxylic acids is 1. The van der Waals surface area contributed by atoms with Gasteiger partial charge in [-0.05, 0) is 61.9 Å². The van der Waals surface area contributed by atoms with Gasteiger partial charge in [-0.15, -0.1) is 0 Å². The van der Waals surface area contributed by atoms with E-state index in [4.69, 9.17) is 11.6 Å². The molecule has 3 aromatic carbocycles. The second-order valence-corrected chi connectivity index (χ2v) is 10.2. The van der Waals surface area contributed by atoms with Crippen LogP contribution < -0.4 is 10.7 Å². The molecule has 1 heterocycles. The van der Waals surface area contributed by atoms with E-state index < -0.39 is 20.2 Å². The molecule has 1 amide bonds. The van der Waals surface area contributed by atoms with Gasteiger partial charge in [-0.2, -0.15) is 0 Å². The SMILES string of the molecule is Cc1ccc(S(=O)(=O)c2cn(CC(=O)Nc3cccc(C)c3)c3ccc(Cl)cc3c2=O)cc1. The summed E-state index contributed by atoms with van der Waals surface area (Å²) in [5.41, 5.74) is 2.25. The maximum atomic E-state index is 13.3. The molecule has 0 unspecified atom stereocenters. The summed E-state index contributed by atoms with van der Waals surface area (Å²) in [6.45, 7) is 3.56. The molecular weight excluding hydrogens is 460 g/mol. The van der Waals surface area contributed by atoms with Crippen LogP contribution in [0.15, 0.2) is 87.5 Å². The Balaban J connectivity index is 1.82. The number of nitrogens with one attached hydrogen (secondary N) is 1. The van der Waals surface area contributed by atoms with Crippen molar-refractivity contribution < 1.29 is 13.2 Å². The quantitative estimate of drug-likeness (QED) is 0.447. The molecule has 4 rings (SSSR count). The number of hydrogen-bond acceptors (Lipinski definition) is 4. The third-order valence-corrected chi connectivity index (χ3v) is 7.24. The Morgan fingerprint density at radius 1 is 0.970 bits per heavy atom. The number of rotatable bonds is 5. The fraction of sp³-hybridized carbons (Fsp3) is 0.120. The van der Waals surface area contributed by atoms with Crippen LogP contribution in [-0.4, -0.2) is 18.9 Å². The van der Waals surface area contributed by atoms with Gasteiger partial charge in [-0.25, -0.2) is 8.42 Å². The largest absolute Gasteiger partial charge is 0.336 e. The molecule has 1 N–H and O–H groups in total. The Morgan fingerprint density at radius 3 is 2.39 bits per heavy atom. The van der Waals surface area contributed by atoms with Crippen molar-refractivity contribution in [1.82, 2.24) is 4.57 Å². The van der Waals surface area contributed by atoms with Crippen molar-refractivity contribution in [1.29, 1.82) is 0 Å². The number of carbonyl (C=O) groups is 1. The number of hydrogen-bond donors (Lipinski definition) is 1. The number of benzene rings is 3. The number of halogens is 1. The highest BCUT2D eigenvalue weighted by Crippen LogP contribution is 2.23. The fourth-order valence-corrected chi connectivity index (χ4v) is 5.13. The lowest BCUT2D eigenvalue weighted by atomic mass is 10.2. The molecule has 0 spiro atoms. The Labute approximate surface area is 196 Å². The van der Waals surface area contributed by atoms with Crippen LogP contribution in [0, 0.1) is 13.8 Å². The number of fused-ring (bicyclic) bond motifs is 1. The number of anilines is 1. The maximum Gasteiger partial charge on any atom is 0.244 e. The van der Waals surface area contributed by atoms with Crippen molar-refractivity contribution in [3.05, 3.63) is 99.3 Å². The van der Waals surface area contributed by atoms with Crippen LogP contribution in [0.1, 0.15) is 11.1 Å². The third-order valence-electron chi connectivity index (χ3n) is 5.25. The first-order valence-electron chi connectivity index (χ1n) is 10.2. The summed E-state index contributed by atoms with van der Waals surface area (Å²) in [4.78, 5) is 25.5. The molecule has 0 aliphatic heterocycles.